The molecular formula is C19H15ClFNO3. The molecule has 2 heterocycles. The van der Waals surface area contributed by atoms with E-state index in [-0.39, 0.29) is 24.8 Å². The van der Waals surface area contributed by atoms with Gasteiger partial charge >= 0.3 is 5.97 Å². The van der Waals surface area contributed by atoms with Crippen LogP contribution < -0.4 is 0 Å². The molecule has 1 aromatic carbocycles. The highest BCUT2D eigenvalue weighted by atomic mass is 35.5. The molecule has 0 bridgehead atoms. The van der Waals surface area contributed by atoms with Crippen molar-refractivity contribution in [2.45, 2.75) is 19.4 Å². The summed E-state index contributed by atoms with van der Waals surface area (Å²) in [4.78, 5) is 15.8. The van der Waals surface area contributed by atoms with E-state index < -0.39 is 0 Å². The first kappa shape index (κ1) is 17.2. The number of aryl methyl sites for hydroxylation is 1. The number of carbonyl (C=O) groups excluding carboxylic acids is 1. The lowest BCUT2D eigenvalue weighted by Crippen LogP contribution is -2.06. The van der Waals surface area contributed by atoms with Crippen LogP contribution in [0, 0.1) is 5.82 Å². The van der Waals surface area contributed by atoms with Crippen molar-refractivity contribution in [2.24, 2.45) is 0 Å². The Kier molecular flexibility index (Phi) is 5.46. The van der Waals surface area contributed by atoms with Gasteiger partial charge in [-0.25, -0.2) is 9.37 Å². The third-order valence-electron chi connectivity index (χ3n) is 3.60. The molecule has 2 aromatic heterocycles. The van der Waals surface area contributed by atoms with Crippen LogP contribution in [0.25, 0.3) is 11.3 Å². The van der Waals surface area contributed by atoms with Gasteiger partial charge in [-0.2, -0.15) is 0 Å². The maximum atomic E-state index is 13.7. The van der Waals surface area contributed by atoms with E-state index in [4.69, 9.17) is 20.8 Å². The van der Waals surface area contributed by atoms with Gasteiger partial charge in [0.2, 0.25) is 0 Å². The Morgan fingerprint density at radius 1 is 1.16 bits per heavy atom. The smallest absolute Gasteiger partial charge is 0.306 e. The zero-order chi connectivity index (χ0) is 17.6. The number of pyridine rings is 1. The second-order valence-corrected chi connectivity index (χ2v) is 5.72. The fraction of sp³-hybridized carbons (Fsp3) is 0.158. The maximum Gasteiger partial charge on any atom is 0.306 e. The van der Waals surface area contributed by atoms with Crippen LogP contribution in [-0.4, -0.2) is 11.0 Å². The highest BCUT2D eigenvalue weighted by Crippen LogP contribution is 2.25. The Morgan fingerprint density at radius 2 is 2.00 bits per heavy atom. The van der Waals surface area contributed by atoms with Crippen molar-refractivity contribution in [3.63, 3.8) is 0 Å². The molecule has 25 heavy (non-hydrogen) atoms. The molecular weight excluding hydrogens is 345 g/mol. The Labute approximate surface area is 149 Å². The molecule has 0 aliphatic heterocycles. The number of furan rings is 1. The minimum atomic E-state index is -0.372. The van der Waals surface area contributed by atoms with E-state index in [0.29, 0.717) is 34.2 Å². The molecule has 0 aliphatic rings. The number of rotatable bonds is 6. The molecule has 0 unspecified atom stereocenters. The summed E-state index contributed by atoms with van der Waals surface area (Å²) in [6, 6.07) is 13.3. The van der Waals surface area contributed by atoms with Crippen LogP contribution in [0.15, 0.2) is 59.1 Å². The van der Waals surface area contributed by atoms with Gasteiger partial charge in [-0.1, -0.05) is 29.8 Å². The number of aromatic nitrogens is 1. The molecule has 0 saturated heterocycles. The van der Waals surface area contributed by atoms with E-state index >= 15 is 0 Å². The summed E-state index contributed by atoms with van der Waals surface area (Å²) in [5.41, 5.74) is 1.04. The van der Waals surface area contributed by atoms with E-state index in [2.05, 4.69) is 4.98 Å². The van der Waals surface area contributed by atoms with Crippen molar-refractivity contribution in [3.05, 3.63) is 77.0 Å². The summed E-state index contributed by atoms with van der Waals surface area (Å²) in [6.07, 6.45) is 2.09. The third-order valence-corrected chi connectivity index (χ3v) is 3.94. The summed E-state index contributed by atoms with van der Waals surface area (Å²) < 4.78 is 24.5. The summed E-state index contributed by atoms with van der Waals surface area (Å²) in [5, 5.41) is 0.316. The summed E-state index contributed by atoms with van der Waals surface area (Å²) in [6.45, 7) is 0.0735. The van der Waals surface area contributed by atoms with Crippen molar-refractivity contribution < 1.29 is 18.3 Å². The molecule has 0 atom stereocenters. The number of benzene rings is 1. The van der Waals surface area contributed by atoms with Gasteiger partial charge in [0.15, 0.2) is 0 Å². The normalized spacial score (nSPS) is 10.6. The van der Waals surface area contributed by atoms with Crippen LogP contribution in [0.3, 0.4) is 0 Å². The highest BCUT2D eigenvalue weighted by molar-refractivity contribution is 6.30. The predicted molar refractivity (Wildman–Crippen MR) is 91.5 cm³/mol. The average Bonchev–Trinajstić information content (AvgIpc) is 3.08. The van der Waals surface area contributed by atoms with Crippen LogP contribution >= 0.6 is 11.6 Å². The number of esters is 1. The van der Waals surface area contributed by atoms with Gasteiger partial charge in [-0.05, 0) is 30.3 Å². The first-order valence-corrected chi connectivity index (χ1v) is 8.10. The van der Waals surface area contributed by atoms with Gasteiger partial charge in [0.05, 0.1) is 12.0 Å². The van der Waals surface area contributed by atoms with Gasteiger partial charge in [0.25, 0.3) is 0 Å². The Balaban J connectivity index is 1.53. The number of ether oxygens (including phenoxy) is 1. The first-order chi connectivity index (χ1) is 12.1. The summed E-state index contributed by atoms with van der Waals surface area (Å²) >= 11 is 5.91. The van der Waals surface area contributed by atoms with Crippen LogP contribution in [-0.2, 0) is 22.6 Å². The van der Waals surface area contributed by atoms with Gasteiger partial charge in [0.1, 0.15) is 29.1 Å². The lowest BCUT2D eigenvalue weighted by Gasteiger charge is -2.05. The molecule has 6 heteroatoms. The molecule has 0 radical (unpaired) electrons. The summed E-state index contributed by atoms with van der Waals surface area (Å²) in [7, 11) is 0. The van der Waals surface area contributed by atoms with Gasteiger partial charge < -0.3 is 9.15 Å². The van der Waals surface area contributed by atoms with Gasteiger partial charge in [-0.3, -0.25) is 4.79 Å². The summed E-state index contributed by atoms with van der Waals surface area (Å²) in [5.74, 6) is 0.304. The monoisotopic (exact) mass is 359 g/mol. The second-order valence-electron chi connectivity index (χ2n) is 5.36. The lowest BCUT2D eigenvalue weighted by atomic mass is 10.1. The maximum absolute atomic E-state index is 13.7. The topological polar surface area (TPSA) is 52.3 Å². The third kappa shape index (κ3) is 4.45. The number of carbonyl (C=O) groups is 1. The van der Waals surface area contributed by atoms with Crippen LogP contribution in [0.1, 0.15) is 17.7 Å². The predicted octanol–water partition coefficient (Wildman–Crippen LogP) is 4.81. The van der Waals surface area contributed by atoms with Gasteiger partial charge in [-0.15, -0.1) is 0 Å². The molecule has 3 rings (SSSR count). The van der Waals surface area contributed by atoms with Crippen molar-refractivity contribution in [2.75, 3.05) is 0 Å². The molecule has 0 spiro atoms. The molecule has 0 fully saturated rings. The SMILES string of the molecule is O=C(CCc1ccc(-c2ccccc2F)o1)OCc1cccnc1Cl. The average molecular weight is 360 g/mol. The highest BCUT2D eigenvalue weighted by Gasteiger charge is 2.11. The van der Waals surface area contributed by atoms with Crippen molar-refractivity contribution in [1.82, 2.24) is 4.98 Å². The number of hydrogen-bond donors (Lipinski definition) is 0. The molecule has 4 nitrogen and oxygen atoms in total. The second kappa shape index (κ2) is 7.94. The minimum absolute atomic E-state index is 0.0735. The first-order valence-electron chi connectivity index (χ1n) is 7.72. The van der Waals surface area contributed by atoms with E-state index in [1.807, 2.05) is 0 Å². The molecule has 0 N–H and O–H groups in total. The van der Waals surface area contributed by atoms with E-state index in [0.717, 1.165) is 0 Å². The van der Waals surface area contributed by atoms with E-state index in [9.17, 15) is 9.18 Å². The Bertz CT molecular complexity index is 878. The molecule has 0 saturated carbocycles. The molecule has 0 amide bonds. The van der Waals surface area contributed by atoms with Crippen molar-refractivity contribution in [1.29, 1.82) is 0 Å². The Hall–Kier alpha value is -2.66. The zero-order valence-electron chi connectivity index (χ0n) is 13.2. The van der Waals surface area contributed by atoms with Crippen molar-refractivity contribution in [3.8, 4) is 11.3 Å². The standard InChI is InChI=1S/C19H15ClFNO3/c20-19-13(4-3-11-22-19)12-24-18(23)10-8-14-7-9-17(25-14)15-5-1-2-6-16(15)21/h1-7,9,11H,8,10,12H2. The largest absolute Gasteiger partial charge is 0.461 e. The Morgan fingerprint density at radius 3 is 2.80 bits per heavy atom. The molecule has 128 valence electrons. The van der Waals surface area contributed by atoms with Crippen LogP contribution in [0.4, 0.5) is 4.39 Å². The van der Waals surface area contributed by atoms with E-state index in [1.165, 1.54) is 6.07 Å². The fourth-order valence-electron chi connectivity index (χ4n) is 2.30. The number of halogens is 2. The zero-order valence-corrected chi connectivity index (χ0v) is 14.0. The molecule has 3 aromatic rings. The fourth-order valence-corrected chi connectivity index (χ4v) is 2.47. The minimum Gasteiger partial charge on any atom is -0.461 e. The number of nitrogens with zero attached hydrogens (tertiary/aromatic N) is 1. The number of hydrogen-bond acceptors (Lipinski definition) is 4. The van der Waals surface area contributed by atoms with Crippen molar-refractivity contribution >= 4 is 17.6 Å². The molecule has 0 aliphatic carbocycles. The lowest BCUT2D eigenvalue weighted by molar-refractivity contribution is -0.145. The van der Waals surface area contributed by atoms with Crippen LogP contribution in [0.2, 0.25) is 5.15 Å². The van der Waals surface area contributed by atoms with E-state index in [1.54, 1.807) is 48.7 Å². The quantitative estimate of drug-likeness (QED) is 0.468. The van der Waals surface area contributed by atoms with Gasteiger partial charge in [0, 0.05) is 18.2 Å². The van der Waals surface area contributed by atoms with Crippen LogP contribution in [0.5, 0.6) is 0 Å².